The number of aryl methyl sites for hydroxylation is 1. The first kappa shape index (κ1) is 15.7. The lowest BCUT2D eigenvalue weighted by atomic mass is 10.0. The summed E-state index contributed by atoms with van der Waals surface area (Å²) < 4.78 is 0.843. The van der Waals surface area contributed by atoms with Crippen molar-refractivity contribution in [1.29, 1.82) is 5.26 Å². The molecular formula is C15H14BrClN4. The first-order chi connectivity index (χ1) is 10.1. The van der Waals surface area contributed by atoms with Crippen molar-refractivity contribution in [3.8, 4) is 6.07 Å². The Morgan fingerprint density at radius 3 is 2.67 bits per heavy atom. The molecule has 1 N–H and O–H groups in total. The molecule has 0 aliphatic rings. The number of nitriles is 1. The summed E-state index contributed by atoms with van der Waals surface area (Å²) in [6.07, 6.45) is 1.50. The van der Waals surface area contributed by atoms with Gasteiger partial charge in [-0.05, 0) is 52.5 Å². The fourth-order valence-corrected chi connectivity index (χ4v) is 2.62. The first-order valence-corrected chi connectivity index (χ1v) is 7.78. The summed E-state index contributed by atoms with van der Waals surface area (Å²) >= 11 is 9.45. The van der Waals surface area contributed by atoms with Crippen molar-refractivity contribution in [3.05, 3.63) is 44.5 Å². The van der Waals surface area contributed by atoms with Crippen molar-refractivity contribution in [1.82, 2.24) is 10.2 Å². The van der Waals surface area contributed by atoms with Crippen LogP contribution in [0.1, 0.15) is 30.7 Å². The van der Waals surface area contributed by atoms with Crippen LogP contribution in [-0.4, -0.2) is 10.2 Å². The molecule has 0 amide bonds. The van der Waals surface area contributed by atoms with E-state index in [-0.39, 0.29) is 0 Å². The van der Waals surface area contributed by atoms with Crippen molar-refractivity contribution in [2.75, 3.05) is 5.32 Å². The van der Waals surface area contributed by atoms with Crippen LogP contribution in [0.15, 0.2) is 22.7 Å². The molecule has 0 saturated carbocycles. The molecule has 0 aliphatic heterocycles. The maximum absolute atomic E-state index is 9.46. The Bertz CT molecular complexity index is 710. The zero-order valence-corrected chi connectivity index (χ0v) is 14.1. The lowest BCUT2D eigenvalue weighted by Gasteiger charge is -2.13. The molecule has 0 saturated heterocycles. The van der Waals surface area contributed by atoms with Gasteiger partial charge >= 0.3 is 0 Å². The van der Waals surface area contributed by atoms with E-state index in [0.29, 0.717) is 16.4 Å². The second-order valence-corrected chi connectivity index (χ2v) is 5.71. The molecule has 6 heteroatoms. The average Bonchev–Trinajstić information content (AvgIpc) is 2.50. The molecule has 0 atom stereocenters. The van der Waals surface area contributed by atoms with Gasteiger partial charge in [-0.1, -0.05) is 25.4 Å². The highest BCUT2D eigenvalue weighted by atomic mass is 79.9. The predicted molar refractivity (Wildman–Crippen MR) is 87.9 cm³/mol. The van der Waals surface area contributed by atoms with Gasteiger partial charge in [0.1, 0.15) is 11.6 Å². The highest BCUT2D eigenvalue weighted by Gasteiger charge is 2.15. The minimum absolute atomic E-state index is 0.453. The number of hydrogen-bond acceptors (Lipinski definition) is 4. The average molecular weight is 366 g/mol. The summed E-state index contributed by atoms with van der Waals surface area (Å²) in [6.45, 7) is 4.01. The SMILES string of the molecule is CCc1nnc(Nc2cc(Cl)ccc2Br)c(C#N)c1CC. The van der Waals surface area contributed by atoms with E-state index in [2.05, 4.69) is 37.5 Å². The van der Waals surface area contributed by atoms with E-state index in [4.69, 9.17) is 11.6 Å². The summed E-state index contributed by atoms with van der Waals surface area (Å²) in [5, 5.41) is 21.6. The highest BCUT2D eigenvalue weighted by molar-refractivity contribution is 9.10. The van der Waals surface area contributed by atoms with Crippen molar-refractivity contribution in [2.45, 2.75) is 26.7 Å². The Morgan fingerprint density at radius 1 is 1.29 bits per heavy atom. The summed E-state index contributed by atoms with van der Waals surface area (Å²) in [6, 6.07) is 7.62. The number of hydrogen-bond donors (Lipinski definition) is 1. The fourth-order valence-electron chi connectivity index (χ4n) is 2.10. The number of benzene rings is 1. The number of halogens is 2. The smallest absolute Gasteiger partial charge is 0.171 e. The van der Waals surface area contributed by atoms with Crippen LogP contribution in [0.25, 0.3) is 0 Å². The van der Waals surface area contributed by atoms with Crippen molar-refractivity contribution < 1.29 is 0 Å². The van der Waals surface area contributed by atoms with Gasteiger partial charge in [-0.2, -0.15) is 10.4 Å². The molecule has 0 radical (unpaired) electrons. The van der Waals surface area contributed by atoms with Crippen LogP contribution in [0.2, 0.25) is 5.02 Å². The zero-order chi connectivity index (χ0) is 15.4. The van der Waals surface area contributed by atoms with E-state index in [0.717, 1.165) is 34.3 Å². The Hall–Kier alpha value is -1.64. The second kappa shape index (κ2) is 6.88. The predicted octanol–water partition coefficient (Wildman–Crippen LogP) is 4.63. The molecular weight excluding hydrogens is 352 g/mol. The van der Waals surface area contributed by atoms with Crippen LogP contribution in [0.3, 0.4) is 0 Å². The molecule has 1 aromatic carbocycles. The number of aromatic nitrogens is 2. The van der Waals surface area contributed by atoms with E-state index in [1.165, 1.54) is 0 Å². The van der Waals surface area contributed by atoms with Crippen LogP contribution in [0.5, 0.6) is 0 Å². The lowest BCUT2D eigenvalue weighted by Crippen LogP contribution is -2.07. The molecule has 0 unspecified atom stereocenters. The summed E-state index contributed by atoms with van der Waals surface area (Å²) in [7, 11) is 0. The molecule has 0 spiro atoms. The largest absolute Gasteiger partial charge is 0.337 e. The van der Waals surface area contributed by atoms with E-state index in [9.17, 15) is 5.26 Å². The summed E-state index contributed by atoms with van der Waals surface area (Å²) in [5.41, 5.74) is 3.09. The van der Waals surface area contributed by atoms with E-state index >= 15 is 0 Å². The maximum Gasteiger partial charge on any atom is 0.171 e. The molecule has 0 fully saturated rings. The minimum atomic E-state index is 0.453. The Labute approximate surface area is 137 Å². The van der Waals surface area contributed by atoms with E-state index < -0.39 is 0 Å². The van der Waals surface area contributed by atoms with Gasteiger partial charge in [0.05, 0.1) is 11.4 Å². The van der Waals surface area contributed by atoms with Gasteiger partial charge in [0.15, 0.2) is 5.82 Å². The third-order valence-electron chi connectivity index (χ3n) is 3.14. The number of rotatable bonds is 4. The highest BCUT2D eigenvalue weighted by Crippen LogP contribution is 2.30. The monoisotopic (exact) mass is 364 g/mol. The van der Waals surface area contributed by atoms with Crippen molar-refractivity contribution >= 4 is 39.0 Å². The number of nitrogens with zero attached hydrogens (tertiary/aromatic N) is 3. The standard InChI is InChI=1S/C15H14BrClN4/c1-3-10-11(8-18)15(21-20-13(10)4-2)19-14-7-9(17)5-6-12(14)16/h5-7H,3-4H2,1-2H3,(H,19,21). The molecule has 21 heavy (non-hydrogen) atoms. The molecule has 0 bridgehead atoms. The summed E-state index contributed by atoms with van der Waals surface area (Å²) in [4.78, 5) is 0. The normalized spacial score (nSPS) is 10.2. The fraction of sp³-hybridized carbons (Fsp3) is 0.267. The molecule has 1 heterocycles. The van der Waals surface area contributed by atoms with Gasteiger partial charge in [0.2, 0.25) is 0 Å². The Morgan fingerprint density at radius 2 is 2.05 bits per heavy atom. The molecule has 2 rings (SSSR count). The Balaban J connectivity index is 2.50. The van der Waals surface area contributed by atoms with Gasteiger partial charge < -0.3 is 5.32 Å². The first-order valence-electron chi connectivity index (χ1n) is 6.61. The van der Waals surface area contributed by atoms with Gasteiger partial charge in [-0.25, -0.2) is 0 Å². The third kappa shape index (κ3) is 3.34. The van der Waals surface area contributed by atoms with Crippen LogP contribution in [0.4, 0.5) is 11.5 Å². The third-order valence-corrected chi connectivity index (χ3v) is 4.07. The van der Waals surface area contributed by atoms with Crippen LogP contribution >= 0.6 is 27.5 Å². The van der Waals surface area contributed by atoms with Crippen molar-refractivity contribution in [2.24, 2.45) is 0 Å². The van der Waals surface area contributed by atoms with Crippen LogP contribution in [-0.2, 0) is 12.8 Å². The molecule has 1 aromatic heterocycles. The zero-order valence-electron chi connectivity index (χ0n) is 11.7. The molecule has 4 nitrogen and oxygen atoms in total. The van der Waals surface area contributed by atoms with E-state index in [1.807, 2.05) is 19.9 Å². The number of nitrogens with one attached hydrogen (secondary N) is 1. The van der Waals surface area contributed by atoms with Gasteiger partial charge in [-0.3, -0.25) is 0 Å². The minimum Gasteiger partial charge on any atom is -0.337 e. The molecule has 2 aromatic rings. The topological polar surface area (TPSA) is 61.6 Å². The summed E-state index contributed by atoms with van der Waals surface area (Å²) in [5.74, 6) is 0.453. The van der Waals surface area contributed by atoms with Gasteiger partial charge in [0.25, 0.3) is 0 Å². The maximum atomic E-state index is 9.46. The second-order valence-electron chi connectivity index (χ2n) is 4.42. The van der Waals surface area contributed by atoms with Crippen LogP contribution in [0, 0.1) is 11.3 Å². The van der Waals surface area contributed by atoms with E-state index in [1.54, 1.807) is 12.1 Å². The number of anilines is 2. The van der Waals surface area contributed by atoms with Crippen LogP contribution < -0.4 is 5.32 Å². The lowest BCUT2D eigenvalue weighted by molar-refractivity contribution is 0.877. The van der Waals surface area contributed by atoms with Gasteiger partial charge in [0, 0.05) is 9.50 Å². The Kier molecular flexibility index (Phi) is 5.16. The van der Waals surface area contributed by atoms with Gasteiger partial charge in [-0.15, -0.1) is 5.10 Å². The quantitative estimate of drug-likeness (QED) is 0.858. The van der Waals surface area contributed by atoms with Crippen molar-refractivity contribution in [3.63, 3.8) is 0 Å². The molecule has 0 aliphatic carbocycles. The molecule has 108 valence electrons.